The minimum absolute atomic E-state index is 0.0119. The van der Waals surface area contributed by atoms with E-state index in [1.807, 2.05) is 18.3 Å². The molecule has 0 bridgehead atoms. The predicted molar refractivity (Wildman–Crippen MR) is 79.4 cm³/mol. The summed E-state index contributed by atoms with van der Waals surface area (Å²) in [4.78, 5) is 15.3. The predicted octanol–water partition coefficient (Wildman–Crippen LogP) is 2.29. The minimum atomic E-state index is -0.784. The van der Waals surface area contributed by atoms with E-state index >= 15 is 0 Å². The van der Waals surface area contributed by atoms with Crippen LogP contribution in [0.5, 0.6) is 0 Å². The van der Waals surface area contributed by atoms with E-state index in [1.165, 1.54) is 0 Å². The monoisotopic (exact) mass is 286 g/mol. The third kappa shape index (κ3) is 2.61. The molecule has 21 heavy (non-hydrogen) atoms. The summed E-state index contributed by atoms with van der Waals surface area (Å²) >= 11 is 0. The smallest absolute Gasteiger partial charge is 0.310 e. The number of anilines is 1. The molecule has 3 rings (SSSR count). The Hall–Kier alpha value is -2.37. The highest BCUT2D eigenvalue weighted by molar-refractivity contribution is 5.74. The molecule has 1 aliphatic rings. The van der Waals surface area contributed by atoms with Gasteiger partial charge in [0.2, 0.25) is 0 Å². The molecule has 2 atom stereocenters. The van der Waals surface area contributed by atoms with E-state index in [0.717, 1.165) is 17.0 Å². The Morgan fingerprint density at radius 1 is 1.48 bits per heavy atom. The fraction of sp³-hybridized carbons (Fsp3) is 0.400. The number of rotatable bonds is 4. The summed E-state index contributed by atoms with van der Waals surface area (Å²) in [6, 6.07) is 2.01. The molecule has 2 N–H and O–H groups in total. The maximum Gasteiger partial charge on any atom is 0.310 e. The zero-order chi connectivity index (χ0) is 15.0. The summed E-state index contributed by atoms with van der Waals surface area (Å²) in [6.07, 6.45) is 7.68. The van der Waals surface area contributed by atoms with Crippen LogP contribution in [0, 0.1) is 5.92 Å². The molecule has 0 aliphatic heterocycles. The SMILES string of the molecule is CC(C)c1cc2c(NC3C=CC(C(=O)O)C3)nccn2n1. The fourth-order valence-electron chi connectivity index (χ4n) is 2.50. The molecule has 0 saturated carbocycles. The average Bonchev–Trinajstić information content (AvgIpc) is 3.05. The van der Waals surface area contributed by atoms with E-state index in [-0.39, 0.29) is 6.04 Å². The lowest BCUT2D eigenvalue weighted by Gasteiger charge is -2.13. The summed E-state index contributed by atoms with van der Waals surface area (Å²) in [5, 5.41) is 16.8. The number of carboxylic acid groups (broad SMARTS) is 1. The summed E-state index contributed by atoms with van der Waals surface area (Å²) in [6.45, 7) is 4.19. The Bertz CT molecular complexity index is 705. The van der Waals surface area contributed by atoms with Crippen molar-refractivity contribution >= 4 is 17.3 Å². The molecular weight excluding hydrogens is 268 g/mol. The van der Waals surface area contributed by atoms with Crippen LogP contribution in [0.1, 0.15) is 31.9 Å². The van der Waals surface area contributed by atoms with Crippen molar-refractivity contribution in [3.05, 3.63) is 36.3 Å². The second-order valence-electron chi connectivity index (χ2n) is 5.65. The van der Waals surface area contributed by atoms with Crippen LogP contribution in [0.4, 0.5) is 5.82 Å². The number of hydrogen-bond donors (Lipinski definition) is 2. The van der Waals surface area contributed by atoms with E-state index in [1.54, 1.807) is 16.8 Å². The van der Waals surface area contributed by atoms with Gasteiger partial charge in [-0.25, -0.2) is 9.50 Å². The minimum Gasteiger partial charge on any atom is -0.481 e. The summed E-state index contributed by atoms with van der Waals surface area (Å²) in [5.74, 6) is -0.121. The molecule has 110 valence electrons. The van der Waals surface area contributed by atoms with Crippen molar-refractivity contribution in [1.82, 2.24) is 14.6 Å². The van der Waals surface area contributed by atoms with Crippen molar-refractivity contribution in [2.45, 2.75) is 32.2 Å². The molecule has 2 heterocycles. The second-order valence-corrected chi connectivity index (χ2v) is 5.65. The van der Waals surface area contributed by atoms with Crippen LogP contribution in [0.3, 0.4) is 0 Å². The van der Waals surface area contributed by atoms with Crippen molar-refractivity contribution in [1.29, 1.82) is 0 Å². The lowest BCUT2D eigenvalue weighted by molar-refractivity contribution is -0.140. The van der Waals surface area contributed by atoms with E-state index < -0.39 is 11.9 Å². The molecule has 0 saturated heterocycles. The first kappa shape index (κ1) is 13.6. The zero-order valence-corrected chi connectivity index (χ0v) is 12.0. The Morgan fingerprint density at radius 2 is 2.29 bits per heavy atom. The molecule has 0 fully saturated rings. The second kappa shape index (κ2) is 5.20. The first-order valence-electron chi connectivity index (χ1n) is 7.06. The van der Waals surface area contributed by atoms with Crippen molar-refractivity contribution < 1.29 is 9.90 Å². The molecule has 2 aromatic rings. The number of fused-ring (bicyclic) bond motifs is 1. The third-order valence-electron chi connectivity index (χ3n) is 3.72. The number of aliphatic carboxylic acids is 1. The van der Waals surface area contributed by atoms with Gasteiger partial charge in [0.05, 0.1) is 11.6 Å². The maximum atomic E-state index is 11.0. The van der Waals surface area contributed by atoms with Gasteiger partial charge in [-0.15, -0.1) is 0 Å². The average molecular weight is 286 g/mol. The summed E-state index contributed by atoms with van der Waals surface area (Å²) in [7, 11) is 0. The zero-order valence-electron chi connectivity index (χ0n) is 12.0. The Balaban J connectivity index is 1.85. The molecule has 2 aromatic heterocycles. The molecule has 0 aromatic carbocycles. The van der Waals surface area contributed by atoms with Gasteiger partial charge in [-0.3, -0.25) is 4.79 Å². The molecule has 2 unspecified atom stereocenters. The number of nitrogens with zero attached hydrogens (tertiary/aromatic N) is 3. The Morgan fingerprint density at radius 3 is 2.95 bits per heavy atom. The Kier molecular flexibility index (Phi) is 3.37. The quantitative estimate of drug-likeness (QED) is 0.843. The molecule has 1 aliphatic carbocycles. The largest absolute Gasteiger partial charge is 0.481 e. The lowest BCUT2D eigenvalue weighted by Crippen LogP contribution is -2.19. The van der Waals surface area contributed by atoms with Gasteiger partial charge in [-0.1, -0.05) is 26.0 Å². The van der Waals surface area contributed by atoms with Crippen LogP contribution in [0.15, 0.2) is 30.6 Å². The van der Waals surface area contributed by atoms with Gasteiger partial charge in [0.25, 0.3) is 0 Å². The van der Waals surface area contributed by atoms with Gasteiger partial charge < -0.3 is 10.4 Å². The van der Waals surface area contributed by atoms with Crippen molar-refractivity contribution in [2.75, 3.05) is 5.32 Å². The molecule has 0 radical (unpaired) electrons. The van der Waals surface area contributed by atoms with Gasteiger partial charge in [0.15, 0.2) is 5.82 Å². The van der Waals surface area contributed by atoms with Gasteiger partial charge in [-0.05, 0) is 18.4 Å². The van der Waals surface area contributed by atoms with Crippen molar-refractivity contribution in [3.63, 3.8) is 0 Å². The first-order valence-corrected chi connectivity index (χ1v) is 7.06. The summed E-state index contributed by atoms with van der Waals surface area (Å²) in [5.41, 5.74) is 1.92. The van der Waals surface area contributed by atoms with Crippen molar-refractivity contribution in [3.8, 4) is 0 Å². The summed E-state index contributed by atoms with van der Waals surface area (Å²) < 4.78 is 1.80. The molecule has 0 spiro atoms. The fourth-order valence-corrected chi connectivity index (χ4v) is 2.50. The molecule has 0 amide bonds. The van der Waals surface area contributed by atoms with Crippen LogP contribution in [0.2, 0.25) is 0 Å². The highest BCUT2D eigenvalue weighted by atomic mass is 16.4. The van der Waals surface area contributed by atoms with E-state index in [4.69, 9.17) is 5.11 Å². The Labute approximate surface area is 122 Å². The van der Waals surface area contributed by atoms with E-state index in [9.17, 15) is 4.79 Å². The lowest BCUT2D eigenvalue weighted by atomic mass is 10.1. The van der Waals surface area contributed by atoms with E-state index in [0.29, 0.717) is 12.3 Å². The van der Waals surface area contributed by atoms with Crippen molar-refractivity contribution in [2.24, 2.45) is 5.92 Å². The van der Waals surface area contributed by atoms with Gasteiger partial charge in [0, 0.05) is 18.4 Å². The number of carboxylic acids is 1. The van der Waals surface area contributed by atoms with Crippen LogP contribution < -0.4 is 5.32 Å². The number of nitrogens with one attached hydrogen (secondary N) is 1. The topological polar surface area (TPSA) is 79.5 Å². The van der Waals surface area contributed by atoms with Gasteiger partial charge in [0.1, 0.15) is 5.52 Å². The highest BCUT2D eigenvalue weighted by Crippen LogP contribution is 2.24. The van der Waals surface area contributed by atoms with Crippen LogP contribution in [-0.2, 0) is 4.79 Å². The van der Waals surface area contributed by atoms with Gasteiger partial charge >= 0.3 is 5.97 Å². The van der Waals surface area contributed by atoms with Crippen LogP contribution in [-0.4, -0.2) is 31.7 Å². The molecule has 6 nitrogen and oxygen atoms in total. The highest BCUT2D eigenvalue weighted by Gasteiger charge is 2.25. The number of carbonyl (C=O) groups is 1. The first-order chi connectivity index (χ1) is 10.0. The van der Waals surface area contributed by atoms with Crippen LogP contribution >= 0.6 is 0 Å². The number of aromatic nitrogens is 3. The maximum absolute atomic E-state index is 11.0. The molecular formula is C15H18N4O2. The van der Waals surface area contributed by atoms with Crippen LogP contribution in [0.25, 0.3) is 5.52 Å². The van der Waals surface area contributed by atoms with Gasteiger partial charge in [-0.2, -0.15) is 5.10 Å². The molecule has 6 heteroatoms. The standard InChI is InChI=1S/C15H18N4O2/c1-9(2)12-8-13-14(16-5-6-19(13)18-12)17-11-4-3-10(7-11)15(20)21/h3-6,8-11H,7H2,1-2H3,(H,16,17)(H,20,21). The number of hydrogen-bond acceptors (Lipinski definition) is 4. The normalized spacial score (nSPS) is 21.3. The van der Waals surface area contributed by atoms with E-state index in [2.05, 4.69) is 29.2 Å². The third-order valence-corrected chi connectivity index (χ3v) is 3.72.